The molecule has 0 bridgehead atoms. The molecule has 0 heterocycles. The zero-order valence-corrected chi connectivity index (χ0v) is 14.3. The predicted molar refractivity (Wildman–Crippen MR) is 76.7 cm³/mol. The van der Waals surface area contributed by atoms with Crippen molar-refractivity contribution in [2.45, 2.75) is 71.1 Å². The van der Waals surface area contributed by atoms with Gasteiger partial charge in [0.1, 0.15) is 6.29 Å². The van der Waals surface area contributed by atoms with Crippen LogP contribution in [0, 0.1) is 0 Å². The molecule has 0 aliphatic heterocycles. The number of hydrogen-bond acceptors (Lipinski definition) is 1. The van der Waals surface area contributed by atoms with E-state index in [1.165, 1.54) is 51.4 Å². The summed E-state index contributed by atoms with van der Waals surface area (Å²) in [7, 11) is 0. The van der Waals surface area contributed by atoms with Gasteiger partial charge in [0.2, 0.25) is 0 Å². The summed E-state index contributed by atoms with van der Waals surface area (Å²) in [5.41, 5.74) is 0. The molecule has 0 amide bonds. The van der Waals surface area contributed by atoms with Gasteiger partial charge in [0.15, 0.2) is 0 Å². The van der Waals surface area contributed by atoms with E-state index >= 15 is 0 Å². The van der Waals surface area contributed by atoms with Crippen molar-refractivity contribution in [2.24, 2.45) is 0 Å². The molecule has 0 aliphatic carbocycles. The van der Waals surface area contributed by atoms with Gasteiger partial charge in [0.25, 0.3) is 0 Å². The molecule has 88 valence electrons. The van der Waals surface area contributed by atoms with Crippen LogP contribution in [0.1, 0.15) is 71.1 Å². The van der Waals surface area contributed by atoms with Crippen molar-refractivity contribution in [3.05, 3.63) is 0 Å². The molecule has 1 nitrogen and oxygen atoms in total. The van der Waals surface area contributed by atoms with Crippen LogP contribution in [0.5, 0.6) is 0 Å². The zero-order chi connectivity index (χ0) is 11.8. The Morgan fingerprint density at radius 3 is 1.62 bits per heavy atom. The molecule has 0 rings (SSSR count). The van der Waals surface area contributed by atoms with E-state index in [1.807, 2.05) is 0 Å². The van der Waals surface area contributed by atoms with Gasteiger partial charge in [-0.25, -0.2) is 0 Å². The van der Waals surface area contributed by atoms with Gasteiger partial charge in [-0.1, -0.05) is 58.3 Å². The van der Waals surface area contributed by atoms with Crippen molar-refractivity contribution in [1.82, 2.24) is 0 Å². The van der Waals surface area contributed by atoms with Crippen molar-refractivity contribution in [2.75, 3.05) is 0 Å². The van der Waals surface area contributed by atoms with E-state index in [4.69, 9.17) is 3.76 Å². The molecule has 0 atom stereocenters. The first-order chi connectivity index (χ1) is 7.41. The van der Waals surface area contributed by atoms with Crippen LogP contribution in [0.15, 0.2) is 0 Å². The van der Waals surface area contributed by atoms with E-state index in [9.17, 15) is 4.79 Å². The molecule has 16 heavy (non-hydrogen) atoms. The molecule has 0 aromatic heterocycles. The summed E-state index contributed by atoms with van der Waals surface area (Å²) < 4.78 is 4.83. The normalized spacial score (nSPS) is 8.75. The standard InChI is InChI=1S/C12H24O.ClH.K.Na.H/c1-2-3-4-5-6-7-8-9-10-11-12-13;;;;/h12H,2-11H2,1H3;1H;;;/q;;+1;;/p-1. The van der Waals surface area contributed by atoms with Gasteiger partial charge in [0.05, 0.1) is 0 Å². The molecule has 0 saturated carbocycles. The molecule has 0 N–H and O–H groups in total. The van der Waals surface area contributed by atoms with Crippen molar-refractivity contribution in [1.29, 1.82) is 0 Å². The topological polar surface area (TPSA) is 17.1 Å². The Morgan fingerprint density at radius 1 is 0.875 bits per heavy atom. The second-order valence-corrected chi connectivity index (χ2v) is 3.78. The monoisotopic (exact) mass is 282 g/mol. The number of halogens is 1. The van der Waals surface area contributed by atoms with Crippen LogP contribution in [0.2, 0.25) is 0 Å². The second-order valence-electron chi connectivity index (χ2n) is 3.78. The molecule has 0 spiro atoms. The Morgan fingerprint density at radius 2 is 1.25 bits per heavy atom. The molecule has 0 fully saturated rings. The number of carbonyl (C=O) groups excluding carboxylic acids is 1. The van der Waals surface area contributed by atoms with E-state index in [1.54, 1.807) is 0 Å². The van der Waals surface area contributed by atoms with Gasteiger partial charge in [-0.3, -0.25) is 0 Å². The fraction of sp³-hybridized carbons (Fsp3) is 0.917. The van der Waals surface area contributed by atoms with Gasteiger partial charge in [-0.15, -0.1) is 0 Å². The summed E-state index contributed by atoms with van der Waals surface area (Å²) in [5.74, 6) is 0. The van der Waals surface area contributed by atoms with Crippen LogP contribution >= 0.6 is 3.76 Å². The van der Waals surface area contributed by atoms with E-state index in [2.05, 4.69) is 6.92 Å². The average Bonchev–Trinajstić information content (AvgIpc) is 2.30. The quantitative estimate of drug-likeness (QED) is 0.339. The Labute approximate surface area is 160 Å². The molecule has 0 aromatic rings. The van der Waals surface area contributed by atoms with Gasteiger partial charge in [0, 0.05) is 6.42 Å². The van der Waals surface area contributed by atoms with Crippen LogP contribution in [0.25, 0.3) is 0 Å². The van der Waals surface area contributed by atoms with Crippen LogP contribution in [-0.2, 0) is 4.79 Å². The number of rotatable bonds is 10. The number of carbonyl (C=O) groups is 1. The molecular formula is C12H25ClKNaO. The first kappa shape index (κ1) is 23.7. The molecule has 0 unspecified atom stereocenters. The van der Waals surface area contributed by atoms with E-state index in [0.717, 1.165) is 19.1 Å². The molecule has 0 radical (unpaired) electrons. The molecule has 0 aliphatic rings. The Balaban J connectivity index is -0.000000529. The van der Waals surface area contributed by atoms with Gasteiger partial charge < -0.3 is 4.79 Å². The third-order valence-corrected chi connectivity index (χ3v) is 2.43. The maximum absolute atomic E-state index is 10.0. The third kappa shape index (κ3) is 25.4. The van der Waals surface area contributed by atoms with Gasteiger partial charge >= 0.3 is 80.5 Å². The maximum atomic E-state index is 10.0. The number of unbranched alkanes of at least 4 members (excludes halogenated alkanes) is 9. The van der Waals surface area contributed by atoms with Crippen LogP contribution in [-0.4, -0.2) is 83.0 Å². The minimum absolute atomic E-state index is 0. The summed E-state index contributed by atoms with van der Waals surface area (Å²) in [5, 5.41) is 0. The fourth-order valence-corrected chi connectivity index (χ4v) is 1.54. The molecule has 4 heteroatoms. The average molecular weight is 283 g/mol. The summed E-state index contributed by atoms with van der Waals surface area (Å²) in [6.45, 7) is 2.25. The molecule has 0 aromatic carbocycles. The number of aldehydes is 1. The van der Waals surface area contributed by atoms with E-state index in [0.29, 0.717) is 47.1 Å². The third-order valence-electron chi connectivity index (χ3n) is 2.43. The van der Waals surface area contributed by atoms with Crippen LogP contribution < -0.4 is 0 Å². The van der Waals surface area contributed by atoms with Crippen LogP contribution in [0.3, 0.4) is 0 Å². The van der Waals surface area contributed by atoms with Gasteiger partial charge in [-0.2, -0.15) is 0 Å². The first-order valence-electron chi connectivity index (χ1n) is 6.23. The predicted octanol–water partition coefficient (Wildman–Crippen LogP) is 3.77. The first-order valence-corrected chi connectivity index (χ1v) is 10.5. The second kappa shape index (κ2) is 26.2. The Bertz CT molecular complexity index is 115. The van der Waals surface area contributed by atoms with Crippen molar-refractivity contribution in [3.8, 4) is 0 Å². The van der Waals surface area contributed by atoms with Crippen molar-refractivity contribution >= 4 is 86.7 Å². The number of hydrogen-bond donors (Lipinski definition) is 0. The summed E-state index contributed by atoms with van der Waals surface area (Å²) in [4.78, 5) is 10.0. The van der Waals surface area contributed by atoms with Crippen LogP contribution in [0.4, 0.5) is 0 Å². The van der Waals surface area contributed by atoms with E-state index in [-0.39, 0.29) is 29.6 Å². The minimum atomic E-state index is 0. The van der Waals surface area contributed by atoms with E-state index < -0.39 is 0 Å². The van der Waals surface area contributed by atoms with Crippen molar-refractivity contribution < 1.29 is 4.79 Å². The molecular weight excluding hydrogens is 258 g/mol. The van der Waals surface area contributed by atoms with Gasteiger partial charge in [-0.05, 0) is 6.42 Å². The summed E-state index contributed by atoms with van der Waals surface area (Å²) in [6, 6.07) is 0. The fourth-order valence-electron chi connectivity index (χ4n) is 1.54. The van der Waals surface area contributed by atoms with Crippen molar-refractivity contribution in [3.63, 3.8) is 0 Å². The summed E-state index contributed by atoms with van der Waals surface area (Å²) in [6.07, 6.45) is 13.7. The summed E-state index contributed by atoms with van der Waals surface area (Å²) >= 11 is 0.535. The SMILES string of the molecule is CCCCCCCCCCCC=O.[Cl][K].[NaH]. The Kier molecular flexibility index (Phi) is 38.8. The Hall–Kier alpha value is 2.60. The zero-order valence-electron chi connectivity index (χ0n) is 10.4. The molecule has 0 saturated heterocycles.